The zero-order valence-corrected chi connectivity index (χ0v) is 39.7. The largest absolute Gasteiger partial charge is 0.501 e. The Kier molecular flexibility index (Phi) is 15.6. The molecule has 7 rings (SSSR count). The van der Waals surface area contributed by atoms with Crippen molar-refractivity contribution in [3.05, 3.63) is 119 Å². The number of alkyl halides is 3. The van der Waals surface area contributed by atoms with Crippen LogP contribution in [0.5, 0.6) is 0 Å². The summed E-state index contributed by atoms with van der Waals surface area (Å²) < 4.78 is 102. The molecule has 0 spiro atoms. The number of piperazine rings is 1. The van der Waals surface area contributed by atoms with Gasteiger partial charge in [0.15, 0.2) is 0 Å². The van der Waals surface area contributed by atoms with Gasteiger partial charge in [0, 0.05) is 85.3 Å². The van der Waals surface area contributed by atoms with Gasteiger partial charge in [-0.25, -0.2) is 21.6 Å². The van der Waals surface area contributed by atoms with E-state index in [0.717, 1.165) is 74.7 Å². The number of rotatable bonds is 16. The summed E-state index contributed by atoms with van der Waals surface area (Å²) in [5, 5.41) is 3.54. The van der Waals surface area contributed by atoms with Crippen LogP contribution in [0.15, 0.2) is 117 Å². The lowest BCUT2D eigenvalue weighted by molar-refractivity contribution is -0.0435. The first-order chi connectivity index (χ1) is 30.9. The second-order valence-corrected chi connectivity index (χ2v) is 22.5. The summed E-state index contributed by atoms with van der Waals surface area (Å²) in [6, 6.07) is 26.6. The normalized spacial score (nSPS) is 18.3. The third-order valence-corrected chi connectivity index (χ3v) is 16.5. The second kappa shape index (κ2) is 20.8. The Morgan fingerprint density at radius 1 is 0.877 bits per heavy atom. The summed E-state index contributed by atoms with van der Waals surface area (Å²) in [6.07, 6.45) is 3.60. The first-order valence-electron chi connectivity index (χ1n) is 21.7. The fourth-order valence-corrected chi connectivity index (χ4v) is 11.9. The van der Waals surface area contributed by atoms with Gasteiger partial charge < -0.3 is 15.0 Å². The van der Waals surface area contributed by atoms with Crippen LogP contribution in [0.3, 0.4) is 0 Å². The number of morpholine rings is 1. The smallest absolute Gasteiger partial charge is 0.384 e. The number of anilines is 2. The average Bonchev–Trinajstić information content (AvgIpc) is 3.28. The van der Waals surface area contributed by atoms with Crippen molar-refractivity contribution in [2.24, 2.45) is 5.41 Å². The molecule has 0 unspecified atom stereocenters. The van der Waals surface area contributed by atoms with Crippen LogP contribution in [0.1, 0.15) is 55.5 Å². The molecule has 0 radical (unpaired) electrons. The van der Waals surface area contributed by atoms with E-state index in [1.807, 2.05) is 47.2 Å². The zero-order valence-electron chi connectivity index (χ0n) is 36.4. The molecule has 2 N–H and O–H groups in total. The maximum atomic E-state index is 14.0. The minimum absolute atomic E-state index is 0.000728. The number of benzene rings is 4. The van der Waals surface area contributed by atoms with Crippen LogP contribution in [0.25, 0.3) is 5.57 Å². The highest BCUT2D eigenvalue weighted by Crippen LogP contribution is 2.43. The Labute approximate surface area is 389 Å². The van der Waals surface area contributed by atoms with E-state index in [1.54, 1.807) is 23.9 Å². The lowest BCUT2D eigenvalue weighted by Gasteiger charge is -2.39. The monoisotopic (exact) mass is 973 g/mol. The fourth-order valence-electron chi connectivity index (χ4n) is 8.62. The van der Waals surface area contributed by atoms with Gasteiger partial charge in [-0.05, 0) is 109 Å². The highest BCUT2D eigenvalue weighted by atomic mass is 35.5. The fraction of sp³-hybridized carbons (Fsp3) is 0.426. The third-order valence-electron chi connectivity index (χ3n) is 12.3. The van der Waals surface area contributed by atoms with Gasteiger partial charge in [0.1, 0.15) is 4.90 Å². The molecule has 350 valence electrons. The summed E-state index contributed by atoms with van der Waals surface area (Å²) >= 11 is 7.82. The van der Waals surface area contributed by atoms with Crippen LogP contribution < -0.4 is 14.9 Å². The number of halogens is 4. The molecule has 2 heterocycles. The number of sulfone groups is 1. The van der Waals surface area contributed by atoms with E-state index in [-0.39, 0.29) is 23.6 Å². The van der Waals surface area contributed by atoms with Crippen LogP contribution in [0, 0.1) is 5.41 Å². The van der Waals surface area contributed by atoms with E-state index in [2.05, 4.69) is 46.0 Å². The van der Waals surface area contributed by atoms with E-state index < -0.39 is 46.8 Å². The van der Waals surface area contributed by atoms with E-state index >= 15 is 0 Å². The Morgan fingerprint density at radius 2 is 1.55 bits per heavy atom. The molecule has 65 heavy (non-hydrogen) atoms. The van der Waals surface area contributed by atoms with Crippen molar-refractivity contribution in [3.8, 4) is 0 Å². The maximum Gasteiger partial charge on any atom is 0.501 e. The Hall–Kier alpha value is -4.10. The van der Waals surface area contributed by atoms with Crippen molar-refractivity contribution >= 4 is 66.1 Å². The van der Waals surface area contributed by atoms with E-state index in [4.69, 9.17) is 16.3 Å². The van der Waals surface area contributed by atoms with Crippen molar-refractivity contribution in [1.82, 2.24) is 14.5 Å². The molecule has 11 nitrogen and oxygen atoms in total. The first kappa shape index (κ1) is 48.8. The van der Waals surface area contributed by atoms with Gasteiger partial charge in [-0.1, -0.05) is 61.4 Å². The van der Waals surface area contributed by atoms with Crippen molar-refractivity contribution < 1.29 is 39.5 Å². The lowest BCUT2D eigenvalue weighted by Crippen LogP contribution is -2.47. The van der Waals surface area contributed by atoms with Crippen LogP contribution in [0.4, 0.5) is 24.5 Å². The quantitative estimate of drug-likeness (QED) is 0.105. The van der Waals surface area contributed by atoms with Crippen molar-refractivity contribution in [2.75, 3.05) is 81.5 Å². The van der Waals surface area contributed by atoms with Crippen LogP contribution in [-0.2, 0) is 24.6 Å². The molecule has 1 amide bonds. The number of hydrogen-bond acceptors (Lipinski definition) is 11. The lowest BCUT2D eigenvalue weighted by atomic mass is 9.73. The van der Waals surface area contributed by atoms with Gasteiger partial charge >= 0.3 is 5.51 Å². The summed E-state index contributed by atoms with van der Waals surface area (Å²) in [5.74, 6) is -0.354. The highest BCUT2D eigenvalue weighted by Gasteiger charge is 2.48. The predicted molar refractivity (Wildman–Crippen MR) is 252 cm³/mol. The van der Waals surface area contributed by atoms with Crippen molar-refractivity contribution in [3.63, 3.8) is 0 Å². The van der Waals surface area contributed by atoms with E-state index in [1.165, 1.54) is 28.8 Å². The van der Waals surface area contributed by atoms with Gasteiger partial charge in [0.25, 0.3) is 25.8 Å². The van der Waals surface area contributed by atoms with Crippen molar-refractivity contribution in [2.45, 2.75) is 65.8 Å². The molecule has 2 saturated heterocycles. The van der Waals surface area contributed by atoms with Crippen LogP contribution >= 0.6 is 23.4 Å². The topological polar surface area (TPSA) is 128 Å². The molecule has 4 aromatic carbocycles. The molecular formula is C47H55ClF3N5O6S3. The van der Waals surface area contributed by atoms with E-state index in [0.29, 0.717) is 49.6 Å². The van der Waals surface area contributed by atoms with Gasteiger partial charge in [-0.3, -0.25) is 14.6 Å². The summed E-state index contributed by atoms with van der Waals surface area (Å²) in [4.78, 5) is 19.2. The molecule has 4 aromatic rings. The Balaban J connectivity index is 0.985. The Bertz CT molecular complexity index is 2530. The molecule has 0 saturated carbocycles. The number of allylic oxidation sites excluding steroid dienone is 1. The number of nitrogens with one attached hydrogen (secondary N) is 2. The minimum atomic E-state index is -6.02. The molecule has 1 atom stereocenters. The zero-order chi connectivity index (χ0) is 46.4. The number of amides is 1. The standard InChI is InChI=1S/C47H55ClF3N5O6S3/c1-46(2)20-18-42(34-8-12-37(48)13-9-34)36(31-46)32-54-22-24-55(25-23-54)38-14-10-35(11-15-38)45(57)53-65(60,61)41-16-17-43(44(30-41)64(58,59)47(49,50)51)52-21-19-39(56-26-28-62-29-27-56)33-63-40-6-4-3-5-7-40/h3-17,30,39,52H,18-29,31-33H2,1-2H3,(H,53,57)/t39-/m0/s1. The molecule has 2 fully saturated rings. The molecular weight excluding hydrogens is 919 g/mol. The van der Waals surface area contributed by atoms with Gasteiger partial charge in [-0.2, -0.15) is 13.2 Å². The van der Waals surface area contributed by atoms with Gasteiger partial charge in [-0.15, -0.1) is 11.8 Å². The number of carbonyl (C=O) groups is 1. The molecule has 0 bridgehead atoms. The van der Waals surface area contributed by atoms with Crippen molar-refractivity contribution in [1.29, 1.82) is 0 Å². The molecule has 1 aliphatic carbocycles. The summed E-state index contributed by atoms with van der Waals surface area (Å²) in [6.45, 7) is 11.1. The number of sulfonamides is 1. The van der Waals surface area contributed by atoms with Crippen LogP contribution in [0.2, 0.25) is 5.02 Å². The molecule has 3 aliphatic rings. The second-order valence-electron chi connectivity index (χ2n) is 17.4. The number of nitrogens with zero attached hydrogens (tertiary/aromatic N) is 3. The third kappa shape index (κ3) is 12.5. The number of hydrogen-bond donors (Lipinski definition) is 2. The maximum absolute atomic E-state index is 14.0. The molecule has 18 heteroatoms. The van der Waals surface area contributed by atoms with Crippen LogP contribution in [-0.4, -0.2) is 115 Å². The number of thioether (sulfide) groups is 1. The highest BCUT2D eigenvalue weighted by molar-refractivity contribution is 7.99. The Morgan fingerprint density at radius 3 is 2.22 bits per heavy atom. The summed E-state index contributed by atoms with van der Waals surface area (Å²) in [7, 11) is -10.8. The molecule has 0 aromatic heterocycles. The SMILES string of the molecule is CC1(C)CCC(c2ccc(Cl)cc2)=C(CN2CCN(c3ccc(C(=O)NS(=O)(=O)c4ccc(NCC[C@@H](CSc5ccccc5)N5CCOCC5)c(S(=O)(=O)C(F)(F)F)c4)cc3)CC2)C1. The first-order valence-corrected chi connectivity index (χ1v) is 26.0. The minimum Gasteiger partial charge on any atom is -0.384 e. The summed E-state index contributed by atoms with van der Waals surface area (Å²) in [5.41, 5.74) is -1.00. The predicted octanol–water partition coefficient (Wildman–Crippen LogP) is 8.83. The average molecular weight is 975 g/mol. The van der Waals surface area contributed by atoms with E-state index in [9.17, 15) is 34.8 Å². The number of ether oxygens (including phenoxy) is 1. The van der Waals surface area contributed by atoms with Gasteiger partial charge in [0.2, 0.25) is 0 Å². The van der Waals surface area contributed by atoms with Gasteiger partial charge in [0.05, 0.1) is 23.8 Å². The number of carbonyl (C=O) groups excluding carboxylic acids is 1. The molecule has 2 aliphatic heterocycles.